The molecular weight excluding hydrogens is 294 g/mol. The molecule has 1 aromatic heterocycles. The van der Waals surface area contributed by atoms with E-state index in [1.807, 2.05) is 24.3 Å². The van der Waals surface area contributed by atoms with Gasteiger partial charge in [-0.3, -0.25) is 0 Å². The van der Waals surface area contributed by atoms with Gasteiger partial charge in [0.1, 0.15) is 5.52 Å². The fourth-order valence-corrected chi connectivity index (χ4v) is 3.51. The molecule has 114 valence electrons. The number of aromatic nitrogens is 1. The second-order valence-corrected chi connectivity index (χ2v) is 6.83. The second kappa shape index (κ2) is 6.00. The van der Waals surface area contributed by atoms with Gasteiger partial charge < -0.3 is 14.5 Å². The maximum absolute atomic E-state index is 12.1. The van der Waals surface area contributed by atoms with E-state index in [1.165, 1.54) is 4.31 Å². The Morgan fingerprint density at radius 1 is 1.24 bits per heavy atom. The number of anilines is 1. The number of rotatable bonds is 5. The number of para-hydroxylation sites is 2. The Bertz CT molecular complexity index is 674. The van der Waals surface area contributed by atoms with Crippen LogP contribution in [0, 0.1) is 0 Å². The van der Waals surface area contributed by atoms with E-state index >= 15 is 0 Å². The van der Waals surface area contributed by atoms with Crippen molar-refractivity contribution in [1.82, 2.24) is 9.29 Å². The minimum Gasteiger partial charge on any atom is -0.424 e. The Morgan fingerprint density at radius 2 is 2.00 bits per heavy atom. The summed E-state index contributed by atoms with van der Waals surface area (Å²) in [6.45, 7) is 2.01. The number of sulfonamides is 1. The van der Waals surface area contributed by atoms with Crippen LogP contribution in [0.3, 0.4) is 0 Å². The van der Waals surface area contributed by atoms with Gasteiger partial charge in [-0.2, -0.15) is 9.29 Å². The highest BCUT2D eigenvalue weighted by atomic mass is 32.2. The van der Waals surface area contributed by atoms with Crippen molar-refractivity contribution in [2.75, 3.05) is 43.9 Å². The Labute approximate surface area is 122 Å². The molecule has 1 saturated heterocycles. The number of nitrogens with one attached hydrogen (secondary N) is 1. The van der Waals surface area contributed by atoms with Crippen molar-refractivity contribution in [3.63, 3.8) is 0 Å². The average Bonchev–Trinajstić information content (AvgIpc) is 2.90. The van der Waals surface area contributed by atoms with Gasteiger partial charge in [0, 0.05) is 19.6 Å². The maximum Gasteiger partial charge on any atom is 0.295 e. The molecule has 2 heterocycles. The standard InChI is InChI=1S/C13H17N3O4S/c17-21(18,16-6-8-19-9-7-16)10-5-14-13-15-11-3-1-2-4-12(11)20-13/h1-4H,5-10H2,(H,14,15). The smallest absolute Gasteiger partial charge is 0.295 e. The molecule has 8 heteroatoms. The molecule has 0 aliphatic carbocycles. The highest BCUT2D eigenvalue weighted by molar-refractivity contribution is 7.89. The van der Waals surface area contributed by atoms with Gasteiger partial charge in [-0.1, -0.05) is 12.1 Å². The summed E-state index contributed by atoms with van der Waals surface area (Å²) >= 11 is 0. The minimum absolute atomic E-state index is 0.00568. The predicted molar refractivity (Wildman–Crippen MR) is 78.7 cm³/mol. The summed E-state index contributed by atoms with van der Waals surface area (Å²) in [5.41, 5.74) is 1.42. The number of benzene rings is 1. The Kier molecular flexibility index (Phi) is 4.09. The molecule has 0 atom stereocenters. The fraction of sp³-hybridized carbons (Fsp3) is 0.462. The summed E-state index contributed by atoms with van der Waals surface area (Å²) in [5, 5.41) is 2.91. The SMILES string of the molecule is O=S(=O)(CCNc1nc2ccccc2o1)N1CCOCC1. The highest BCUT2D eigenvalue weighted by Crippen LogP contribution is 2.17. The van der Waals surface area contributed by atoms with E-state index in [2.05, 4.69) is 10.3 Å². The largest absolute Gasteiger partial charge is 0.424 e. The van der Waals surface area contributed by atoms with E-state index in [-0.39, 0.29) is 12.3 Å². The van der Waals surface area contributed by atoms with Crippen LogP contribution in [0.25, 0.3) is 11.1 Å². The van der Waals surface area contributed by atoms with Crippen LogP contribution >= 0.6 is 0 Å². The third-order valence-electron chi connectivity index (χ3n) is 3.29. The summed E-state index contributed by atoms with van der Waals surface area (Å²) in [4.78, 5) is 4.24. The third kappa shape index (κ3) is 3.34. The molecule has 0 saturated carbocycles. The van der Waals surface area contributed by atoms with E-state index in [1.54, 1.807) is 0 Å². The van der Waals surface area contributed by atoms with E-state index in [9.17, 15) is 8.42 Å². The average molecular weight is 311 g/mol. The van der Waals surface area contributed by atoms with Gasteiger partial charge in [-0.15, -0.1) is 0 Å². The first-order chi connectivity index (χ1) is 10.1. The number of morpholine rings is 1. The van der Waals surface area contributed by atoms with Crippen LogP contribution in [0.5, 0.6) is 0 Å². The molecule has 21 heavy (non-hydrogen) atoms. The lowest BCUT2D eigenvalue weighted by molar-refractivity contribution is 0.0731. The first-order valence-corrected chi connectivity index (χ1v) is 8.41. The van der Waals surface area contributed by atoms with Crippen molar-refractivity contribution in [2.45, 2.75) is 0 Å². The summed E-state index contributed by atoms with van der Waals surface area (Å²) in [5.74, 6) is 0.00568. The van der Waals surface area contributed by atoms with Gasteiger partial charge >= 0.3 is 0 Å². The van der Waals surface area contributed by atoms with Crippen molar-refractivity contribution in [3.05, 3.63) is 24.3 Å². The number of ether oxygens (including phenoxy) is 1. The van der Waals surface area contributed by atoms with Gasteiger partial charge in [0.25, 0.3) is 6.01 Å². The zero-order valence-corrected chi connectivity index (χ0v) is 12.3. The molecule has 0 amide bonds. The van der Waals surface area contributed by atoms with Crippen molar-refractivity contribution >= 4 is 27.1 Å². The van der Waals surface area contributed by atoms with Crippen molar-refractivity contribution < 1.29 is 17.6 Å². The molecule has 2 aromatic rings. The van der Waals surface area contributed by atoms with E-state index in [4.69, 9.17) is 9.15 Å². The zero-order valence-electron chi connectivity index (χ0n) is 11.5. The summed E-state index contributed by atoms with van der Waals surface area (Å²) < 4.78 is 36.4. The summed E-state index contributed by atoms with van der Waals surface area (Å²) in [6.07, 6.45) is 0. The van der Waals surface area contributed by atoms with Gasteiger partial charge in [0.2, 0.25) is 10.0 Å². The van der Waals surface area contributed by atoms with Crippen LogP contribution in [-0.4, -0.2) is 56.3 Å². The molecule has 1 fully saturated rings. The lowest BCUT2D eigenvalue weighted by Crippen LogP contribution is -2.42. The van der Waals surface area contributed by atoms with Gasteiger partial charge in [0.15, 0.2) is 5.58 Å². The lowest BCUT2D eigenvalue weighted by atomic mass is 10.3. The molecule has 7 nitrogen and oxygen atoms in total. The molecule has 1 aliphatic heterocycles. The second-order valence-electron chi connectivity index (χ2n) is 4.74. The molecule has 0 spiro atoms. The normalized spacial score (nSPS) is 17.1. The topological polar surface area (TPSA) is 84.7 Å². The molecule has 1 aliphatic rings. The number of hydrogen-bond donors (Lipinski definition) is 1. The number of nitrogens with zero attached hydrogens (tertiary/aromatic N) is 2. The Balaban J connectivity index is 1.57. The Hall–Kier alpha value is -1.64. The molecule has 0 unspecified atom stereocenters. The number of fused-ring (bicyclic) bond motifs is 1. The first kappa shape index (κ1) is 14.3. The summed E-state index contributed by atoms with van der Waals surface area (Å²) in [7, 11) is -3.26. The van der Waals surface area contributed by atoms with Gasteiger partial charge in [-0.05, 0) is 12.1 Å². The Morgan fingerprint density at radius 3 is 2.76 bits per heavy atom. The van der Waals surface area contributed by atoms with Crippen molar-refractivity contribution in [1.29, 1.82) is 0 Å². The molecule has 1 aromatic carbocycles. The van der Waals surface area contributed by atoms with Crippen LogP contribution in [0.2, 0.25) is 0 Å². The monoisotopic (exact) mass is 311 g/mol. The highest BCUT2D eigenvalue weighted by Gasteiger charge is 2.23. The zero-order chi connectivity index (χ0) is 14.7. The number of hydrogen-bond acceptors (Lipinski definition) is 6. The van der Waals surface area contributed by atoms with Gasteiger partial charge in [0.05, 0.1) is 19.0 Å². The molecular formula is C13H17N3O4S. The number of oxazole rings is 1. The lowest BCUT2D eigenvalue weighted by Gasteiger charge is -2.25. The molecule has 0 bridgehead atoms. The van der Waals surface area contributed by atoms with Crippen LogP contribution in [0.15, 0.2) is 28.7 Å². The third-order valence-corrected chi connectivity index (χ3v) is 5.17. The molecule has 0 radical (unpaired) electrons. The van der Waals surface area contributed by atoms with Crippen LogP contribution < -0.4 is 5.32 Å². The van der Waals surface area contributed by atoms with E-state index < -0.39 is 10.0 Å². The van der Waals surface area contributed by atoms with E-state index in [0.717, 1.165) is 5.52 Å². The molecule has 3 rings (SSSR count). The summed E-state index contributed by atoms with van der Waals surface area (Å²) in [6, 6.07) is 7.73. The van der Waals surface area contributed by atoms with Crippen LogP contribution in [0.4, 0.5) is 6.01 Å². The van der Waals surface area contributed by atoms with Crippen LogP contribution in [-0.2, 0) is 14.8 Å². The molecule has 1 N–H and O–H groups in total. The van der Waals surface area contributed by atoms with E-state index in [0.29, 0.717) is 37.9 Å². The van der Waals surface area contributed by atoms with Gasteiger partial charge in [-0.25, -0.2) is 8.42 Å². The quantitative estimate of drug-likeness (QED) is 0.883. The van der Waals surface area contributed by atoms with Crippen molar-refractivity contribution in [3.8, 4) is 0 Å². The van der Waals surface area contributed by atoms with Crippen LogP contribution in [0.1, 0.15) is 0 Å². The fourth-order valence-electron chi connectivity index (χ4n) is 2.19. The first-order valence-electron chi connectivity index (χ1n) is 6.80. The maximum atomic E-state index is 12.1. The minimum atomic E-state index is -3.26. The predicted octanol–water partition coefficient (Wildman–Crippen LogP) is 0.902. The van der Waals surface area contributed by atoms with Crippen molar-refractivity contribution in [2.24, 2.45) is 0 Å².